The number of halogens is 3. The maximum Gasteiger partial charge on any atom is 0.416 e. The maximum absolute atomic E-state index is 12.6. The SMILES string of the molecule is Cc1ccc(S(=O)(=O)n2ccc(-c3ccc(C(F)(F)F)cc3)c2)cc1. The van der Waals surface area contributed by atoms with Crippen LogP contribution in [0.15, 0.2) is 71.9 Å². The molecule has 130 valence electrons. The smallest absolute Gasteiger partial charge is 0.248 e. The summed E-state index contributed by atoms with van der Waals surface area (Å²) in [6.45, 7) is 1.86. The van der Waals surface area contributed by atoms with E-state index in [0.717, 1.165) is 21.7 Å². The van der Waals surface area contributed by atoms with Gasteiger partial charge in [0.2, 0.25) is 0 Å². The van der Waals surface area contributed by atoms with E-state index in [4.69, 9.17) is 0 Å². The molecular formula is C18H14F3NO2S. The Labute approximate surface area is 143 Å². The van der Waals surface area contributed by atoms with E-state index >= 15 is 0 Å². The summed E-state index contributed by atoms with van der Waals surface area (Å²) < 4.78 is 64.1. The number of aromatic nitrogens is 1. The normalized spacial score (nSPS) is 12.3. The number of hydrogen-bond acceptors (Lipinski definition) is 2. The van der Waals surface area contributed by atoms with Crippen LogP contribution in [0, 0.1) is 6.92 Å². The maximum atomic E-state index is 12.6. The highest BCUT2D eigenvalue weighted by atomic mass is 32.2. The molecule has 0 radical (unpaired) electrons. The Morgan fingerprint density at radius 3 is 2.00 bits per heavy atom. The van der Waals surface area contributed by atoms with E-state index in [1.54, 1.807) is 18.2 Å². The number of benzene rings is 2. The predicted octanol–water partition coefficient (Wildman–Crippen LogP) is 4.72. The van der Waals surface area contributed by atoms with E-state index in [1.807, 2.05) is 6.92 Å². The summed E-state index contributed by atoms with van der Waals surface area (Å²) in [7, 11) is -3.74. The summed E-state index contributed by atoms with van der Waals surface area (Å²) in [5, 5.41) is 0. The Morgan fingerprint density at radius 1 is 0.840 bits per heavy atom. The van der Waals surface area contributed by atoms with E-state index in [1.165, 1.54) is 36.7 Å². The van der Waals surface area contributed by atoms with Gasteiger partial charge in [-0.1, -0.05) is 29.8 Å². The molecule has 2 aromatic carbocycles. The van der Waals surface area contributed by atoms with Crippen LogP contribution in [-0.2, 0) is 16.2 Å². The van der Waals surface area contributed by atoms with Crippen molar-refractivity contribution in [2.45, 2.75) is 18.0 Å². The average molecular weight is 365 g/mol. The Morgan fingerprint density at radius 2 is 1.44 bits per heavy atom. The van der Waals surface area contributed by atoms with E-state index < -0.39 is 21.8 Å². The average Bonchev–Trinajstić information content (AvgIpc) is 3.05. The molecule has 0 spiro atoms. The molecule has 25 heavy (non-hydrogen) atoms. The highest BCUT2D eigenvalue weighted by Gasteiger charge is 2.30. The van der Waals surface area contributed by atoms with Crippen LogP contribution in [0.1, 0.15) is 11.1 Å². The Hall–Kier alpha value is -2.54. The van der Waals surface area contributed by atoms with Gasteiger partial charge < -0.3 is 0 Å². The zero-order chi connectivity index (χ0) is 18.2. The molecule has 3 aromatic rings. The molecular weight excluding hydrogens is 351 g/mol. The van der Waals surface area contributed by atoms with Crippen molar-refractivity contribution in [2.24, 2.45) is 0 Å². The highest BCUT2D eigenvalue weighted by Crippen LogP contribution is 2.31. The molecule has 0 saturated heterocycles. The van der Waals surface area contributed by atoms with E-state index in [9.17, 15) is 21.6 Å². The van der Waals surface area contributed by atoms with Gasteiger partial charge in [-0.2, -0.15) is 13.2 Å². The molecule has 3 nitrogen and oxygen atoms in total. The molecule has 0 N–H and O–H groups in total. The van der Waals surface area contributed by atoms with Crippen molar-refractivity contribution in [2.75, 3.05) is 0 Å². The lowest BCUT2D eigenvalue weighted by Gasteiger charge is -2.07. The molecule has 0 aliphatic rings. The van der Waals surface area contributed by atoms with Crippen molar-refractivity contribution < 1.29 is 21.6 Å². The fourth-order valence-corrected chi connectivity index (χ4v) is 3.58. The molecule has 0 atom stereocenters. The van der Waals surface area contributed by atoms with Crippen molar-refractivity contribution in [1.29, 1.82) is 0 Å². The quantitative estimate of drug-likeness (QED) is 0.674. The Bertz CT molecular complexity index is 986. The second-order valence-corrected chi connectivity index (χ2v) is 7.47. The second kappa shape index (κ2) is 6.07. The van der Waals surface area contributed by atoms with E-state index in [0.29, 0.717) is 11.1 Å². The van der Waals surface area contributed by atoms with Crippen molar-refractivity contribution in [3.63, 3.8) is 0 Å². The van der Waals surface area contributed by atoms with Crippen LogP contribution in [0.5, 0.6) is 0 Å². The van der Waals surface area contributed by atoms with Gasteiger partial charge in [0.25, 0.3) is 10.0 Å². The fourth-order valence-electron chi connectivity index (χ4n) is 2.38. The number of nitrogens with zero attached hydrogens (tertiary/aromatic N) is 1. The molecule has 0 bridgehead atoms. The Kier molecular flexibility index (Phi) is 4.20. The minimum Gasteiger partial charge on any atom is -0.248 e. The summed E-state index contributed by atoms with van der Waals surface area (Å²) in [4.78, 5) is 0.146. The molecule has 1 heterocycles. The minimum absolute atomic E-state index is 0.146. The van der Waals surface area contributed by atoms with Gasteiger partial charge in [0.15, 0.2) is 0 Å². The van der Waals surface area contributed by atoms with Gasteiger partial charge in [-0.3, -0.25) is 0 Å². The van der Waals surface area contributed by atoms with Crippen LogP contribution >= 0.6 is 0 Å². The first-order chi connectivity index (χ1) is 11.7. The molecule has 7 heteroatoms. The van der Waals surface area contributed by atoms with Crippen molar-refractivity contribution in [3.8, 4) is 11.1 Å². The zero-order valence-corrected chi connectivity index (χ0v) is 14.0. The minimum atomic E-state index is -4.40. The van der Waals surface area contributed by atoms with Gasteiger partial charge in [0, 0.05) is 18.0 Å². The number of alkyl halides is 3. The number of aryl methyl sites for hydroxylation is 1. The first-order valence-corrected chi connectivity index (χ1v) is 8.80. The largest absolute Gasteiger partial charge is 0.416 e. The van der Waals surface area contributed by atoms with Crippen LogP contribution in [0.4, 0.5) is 13.2 Å². The molecule has 0 amide bonds. The second-order valence-electron chi connectivity index (χ2n) is 5.62. The molecule has 0 unspecified atom stereocenters. The lowest BCUT2D eigenvalue weighted by Crippen LogP contribution is -2.10. The van der Waals surface area contributed by atoms with Crippen molar-refractivity contribution in [3.05, 3.63) is 78.1 Å². The fraction of sp³-hybridized carbons (Fsp3) is 0.111. The molecule has 0 saturated carbocycles. The third-order valence-corrected chi connectivity index (χ3v) is 5.46. The first kappa shape index (κ1) is 17.3. The van der Waals surface area contributed by atoms with Crippen molar-refractivity contribution >= 4 is 10.0 Å². The van der Waals surface area contributed by atoms with Crippen molar-refractivity contribution in [1.82, 2.24) is 3.97 Å². The van der Waals surface area contributed by atoms with Gasteiger partial charge in [0.05, 0.1) is 10.5 Å². The first-order valence-electron chi connectivity index (χ1n) is 7.36. The third-order valence-electron chi connectivity index (χ3n) is 3.81. The van der Waals surface area contributed by atoms with Crippen LogP contribution in [0.2, 0.25) is 0 Å². The topological polar surface area (TPSA) is 39.1 Å². The lowest BCUT2D eigenvalue weighted by atomic mass is 10.1. The van der Waals surface area contributed by atoms with Gasteiger partial charge in [-0.15, -0.1) is 0 Å². The van der Waals surface area contributed by atoms with Crippen LogP contribution in [-0.4, -0.2) is 12.4 Å². The Balaban J connectivity index is 1.93. The van der Waals surface area contributed by atoms with Gasteiger partial charge in [0.1, 0.15) is 0 Å². The molecule has 0 fully saturated rings. The summed E-state index contributed by atoms with van der Waals surface area (Å²) in [5.41, 5.74) is 1.22. The van der Waals surface area contributed by atoms with Crippen LogP contribution < -0.4 is 0 Å². The predicted molar refractivity (Wildman–Crippen MR) is 88.6 cm³/mol. The van der Waals surface area contributed by atoms with Gasteiger partial charge >= 0.3 is 6.18 Å². The number of hydrogen-bond donors (Lipinski definition) is 0. The summed E-state index contributed by atoms with van der Waals surface area (Å²) in [5.74, 6) is 0. The van der Waals surface area contributed by atoms with Gasteiger partial charge in [-0.05, 0) is 42.8 Å². The number of rotatable bonds is 3. The van der Waals surface area contributed by atoms with E-state index in [-0.39, 0.29) is 4.90 Å². The summed E-state index contributed by atoms with van der Waals surface area (Å²) >= 11 is 0. The van der Waals surface area contributed by atoms with E-state index in [2.05, 4.69) is 0 Å². The van der Waals surface area contributed by atoms with Crippen LogP contribution in [0.3, 0.4) is 0 Å². The molecule has 1 aromatic heterocycles. The summed E-state index contributed by atoms with van der Waals surface area (Å²) in [6, 6.07) is 12.6. The van der Waals surface area contributed by atoms with Gasteiger partial charge in [-0.25, -0.2) is 12.4 Å². The monoisotopic (exact) mass is 365 g/mol. The standard InChI is InChI=1S/C18H14F3NO2S/c1-13-2-8-17(9-3-13)25(23,24)22-11-10-15(12-22)14-4-6-16(7-5-14)18(19,20)21/h2-12H,1H3. The molecule has 0 aliphatic carbocycles. The molecule has 3 rings (SSSR count). The third kappa shape index (κ3) is 3.46. The lowest BCUT2D eigenvalue weighted by molar-refractivity contribution is -0.137. The molecule has 0 aliphatic heterocycles. The highest BCUT2D eigenvalue weighted by molar-refractivity contribution is 7.90. The summed E-state index contributed by atoms with van der Waals surface area (Å²) in [6.07, 6.45) is -1.64. The zero-order valence-electron chi connectivity index (χ0n) is 13.2. The van der Waals surface area contributed by atoms with Crippen LogP contribution in [0.25, 0.3) is 11.1 Å².